The van der Waals surface area contributed by atoms with E-state index in [1.165, 1.54) is 0 Å². The van der Waals surface area contributed by atoms with Crippen LogP contribution in [0.25, 0.3) is 0 Å². The molecule has 2 rings (SSSR count). The third-order valence-electron chi connectivity index (χ3n) is 3.97. The molecule has 1 fully saturated rings. The summed E-state index contributed by atoms with van der Waals surface area (Å²) in [6.45, 7) is 3.59. The van der Waals surface area contributed by atoms with Crippen LogP contribution in [0.3, 0.4) is 0 Å². The first-order valence-electron chi connectivity index (χ1n) is 6.91. The largest absolute Gasteiger partial charge is 0.398 e. The fourth-order valence-corrected chi connectivity index (χ4v) is 2.78. The minimum Gasteiger partial charge on any atom is -0.398 e. The molecule has 1 aromatic rings. The van der Waals surface area contributed by atoms with Crippen LogP contribution in [0.2, 0.25) is 5.02 Å². The Bertz CT molecular complexity index is 461. The molecule has 3 nitrogen and oxygen atoms in total. The van der Waals surface area contributed by atoms with Crippen molar-refractivity contribution in [2.24, 2.45) is 5.92 Å². The number of carbonyl (C=O) groups excluding carboxylic acids is 1. The van der Waals surface area contributed by atoms with Gasteiger partial charge in [-0.05, 0) is 42.5 Å². The van der Waals surface area contributed by atoms with E-state index in [2.05, 4.69) is 6.92 Å². The number of benzene rings is 1. The lowest BCUT2D eigenvalue weighted by atomic mass is 9.98. The molecule has 0 aliphatic carbocycles. The SMILES string of the molecule is CCC1CCC(=O)N(Cc2cc(Cl)ccc2N)CC1. The average molecular weight is 281 g/mol. The Hall–Kier alpha value is -1.22. The number of nitrogen functional groups attached to an aromatic ring is 1. The van der Waals surface area contributed by atoms with Gasteiger partial charge in [0.15, 0.2) is 0 Å². The number of hydrogen-bond acceptors (Lipinski definition) is 2. The molecular weight excluding hydrogens is 260 g/mol. The molecule has 1 saturated heterocycles. The lowest BCUT2D eigenvalue weighted by molar-refractivity contribution is -0.131. The zero-order valence-electron chi connectivity index (χ0n) is 11.4. The molecule has 0 saturated carbocycles. The van der Waals surface area contributed by atoms with E-state index in [9.17, 15) is 4.79 Å². The van der Waals surface area contributed by atoms with Gasteiger partial charge in [-0.25, -0.2) is 0 Å². The maximum absolute atomic E-state index is 12.1. The summed E-state index contributed by atoms with van der Waals surface area (Å²) in [5.41, 5.74) is 7.59. The van der Waals surface area contributed by atoms with Crippen molar-refractivity contribution in [2.45, 2.75) is 39.2 Å². The van der Waals surface area contributed by atoms with Crippen molar-refractivity contribution in [2.75, 3.05) is 12.3 Å². The smallest absolute Gasteiger partial charge is 0.222 e. The third-order valence-corrected chi connectivity index (χ3v) is 4.21. The van der Waals surface area contributed by atoms with Crippen LogP contribution in [-0.2, 0) is 11.3 Å². The van der Waals surface area contributed by atoms with E-state index < -0.39 is 0 Å². The van der Waals surface area contributed by atoms with Gasteiger partial charge in [0.2, 0.25) is 5.91 Å². The first kappa shape index (κ1) is 14.2. The number of amides is 1. The number of nitrogens with zero attached hydrogens (tertiary/aromatic N) is 1. The summed E-state index contributed by atoms with van der Waals surface area (Å²) in [4.78, 5) is 14.0. The van der Waals surface area contributed by atoms with Gasteiger partial charge in [0.1, 0.15) is 0 Å². The lowest BCUT2D eigenvalue weighted by Gasteiger charge is -2.22. The first-order chi connectivity index (χ1) is 9.10. The number of hydrogen-bond donors (Lipinski definition) is 1. The second kappa shape index (κ2) is 6.29. The van der Waals surface area contributed by atoms with Crippen molar-refractivity contribution < 1.29 is 4.79 Å². The normalized spacial score (nSPS) is 20.4. The lowest BCUT2D eigenvalue weighted by Crippen LogP contribution is -2.30. The molecule has 0 bridgehead atoms. The van der Waals surface area contributed by atoms with Gasteiger partial charge >= 0.3 is 0 Å². The van der Waals surface area contributed by atoms with Gasteiger partial charge in [0.25, 0.3) is 0 Å². The molecule has 1 heterocycles. The van der Waals surface area contributed by atoms with E-state index in [0.717, 1.165) is 31.4 Å². The van der Waals surface area contributed by atoms with Crippen molar-refractivity contribution in [3.05, 3.63) is 28.8 Å². The second-order valence-electron chi connectivity index (χ2n) is 5.26. The maximum atomic E-state index is 12.1. The van der Waals surface area contributed by atoms with Crippen LogP contribution in [0, 0.1) is 5.92 Å². The molecule has 0 spiro atoms. The Morgan fingerprint density at radius 1 is 1.42 bits per heavy atom. The van der Waals surface area contributed by atoms with E-state index in [4.69, 9.17) is 17.3 Å². The van der Waals surface area contributed by atoms with Crippen molar-refractivity contribution in [3.63, 3.8) is 0 Å². The van der Waals surface area contributed by atoms with Crippen molar-refractivity contribution >= 4 is 23.2 Å². The Morgan fingerprint density at radius 3 is 2.95 bits per heavy atom. The van der Waals surface area contributed by atoms with E-state index in [1.54, 1.807) is 12.1 Å². The molecule has 19 heavy (non-hydrogen) atoms. The molecule has 0 aromatic heterocycles. The van der Waals surface area contributed by atoms with Crippen LogP contribution in [0.4, 0.5) is 5.69 Å². The van der Waals surface area contributed by atoms with E-state index in [-0.39, 0.29) is 5.91 Å². The molecule has 1 atom stereocenters. The Morgan fingerprint density at radius 2 is 2.21 bits per heavy atom. The molecule has 1 aliphatic heterocycles. The van der Waals surface area contributed by atoms with Gasteiger partial charge in [-0.3, -0.25) is 4.79 Å². The summed E-state index contributed by atoms with van der Waals surface area (Å²) >= 11 is 5.99. The molecule has 1 aromatic carbocycles. The summed E-state index contributed by atoms with van der Waals surface area (Å²) in [6, 6.07) is 5.43. The predicted molar refractivity (Wildman–Crippen MR) is 78.9 cm³/mol. The highest BCUT2D eigenvalue weighted by Crippen LogP contribution is 2.24. The summed E-state index contributed by atoms with van der Waals surface area (Å²) in [5, 5.41) is 0.665. The fourth-order valence-electron chi connectivity index (χ4n) is 2.59. The van der Waals surface area contributed by atoms with Gasteiger partial charge in [-0.2, -0.15) is 0 Å². The minimum absolute atomic E-state index is 0.232. The Kier molecular flexibility index (Phi) is 4.70. The van der Waals surface area contributed by atoms with Crippen molar-refractivity contribution in [1.82, 2.24) is 4.90 Å². The minimum atomic E-state index is 0.232. The Balaban J connectivity index is 2.09. The zero-order chi connectivity index (χ0) is 13.8. The van der Waals surface area contributed by atoms with E-state index in [1.807, 2.05) is 11.0 Å². The zero-order valence-corrected chi connectivity index (χ0v) is 12.1. The number of anilines is 1. The van der Waals surface area contributed by atoms with Crippen LogP contribution >= 0.6 is 11.6 Å². The maximum Gasteiger partial charge on any atom is 0.222 e. The average Bonchev–Trinajstić information content (AvgIpc) is 2.57. The number of nitrogens with two attached hydrogens (primary N) is 1. The van der Waals surface area contributed by atoms with Crippen molar-refractivity contribution in [1.29, 1.82) is 0 Å². The van der Waals surface area contributed by atoms with Gasteiger partial charge in [0, 0.05) is 30.2 Å². The van der Waals surface area contributed by atoms with Crippen molar-refractivity contribution in [3.8, 4) is 0 Å². The molecule has 1 aliphatic rings. The van der Waals surface area contributed by atoms with Gasteiger partial charge in [-0.1, -0.05) is 24.9 Å². The number of rotatable bonds is 3. The van der Waals surface area contributed by atoms with Crippen LogP contribution < -0.4 is 5.73 Å². The molecule has 0 radical (unpaired) electrons. The highest BCUT2D eigenvalue weighted by molar-refractivity contribution is 6.30. The fraction of sp³-hybridized carbons (Fsp3) is 0.533. The number of halogens is 1. The molecule has 2 N–H and O–H groups in total. The number of likely N-dealkylation sites (tertiary alicyclic amines) is 1. The monoisotopic (exact) mass is 280 g/mol. The van der Waals surface area contributed by atoms with Crippen LogP contribution in [-0.4, -0.2) is 17.4 Å². The number of carbonyl (C=O) groups is 1. The summed E-state index contributed by atoms with van der Waals surface area (Å²) in [5.74, 6) is 0.904. The first-order valence-corrected chi connectivity index (χ1v) is 7.29. The molecule has 104 valence electrons. The second-order valence-corrected chi connectivity index (χ2v) is 5.70. The molecule has 1 unspecified atom stereocenters. The van der Waals surface area contributed by atoms with Crippen LogP contribution in [0.1, 0.15) is 38.2 Å². The van der Waals surface area contributed by atoms with Gasteiger partial charge < -0.3 is 10.6 Å². The summed E-state index contributed by atoms with van der Waals surface area (Å²) < 4.78 is 0. The van der Waals surface area contributed by atoms with Crippen LogP contribution in [0.5, 0.6) is 0 Å². The Labute approximate surface area is 119 Å². The highest BCUT2D eigenvalue weighted by Gasteiger charge is 2.22. The highest BCUT2D eigenvalue weighted by atomic mass is 35.5. The summed E-state index contributed by atoms with van der Waals surface area (Å²) in [6.07, 6.45) is 3.90. The molecule has 4 heteroatoms. The van der Waals surface area contributed by atoms with Gasteiger partial charge in [0.05, 0.1) is 0 Å². The summed E-state index contributed by atoms with van der Waals surface area (Å²) in [7, 11) is 0. The molecule has 1 amide bonds. The van der Waals surface area contributed by atoms with E-state index >= 15 is 0 Å². The quantitative estimate of drug-likeness (QED) is 0.862. The standard InChI is InChI=1S/C15H21ClN2O/c1-2-11-3-6-15(19)18(8-7-11)10-12-9-13(16)4-5-14(12)17/h4-5,9,11H,2-3,6-8,10,17H2,1H3. The van der Waals surface area contributed by atoms with E-state index in [0.29, 0.717) is 29.6 Å². The van der Waals surface area contributed by atoms with Crippen LogP contribution in [0.15, 0.2) is 18.2 Å². The molecular formula is C15H21ClN2O. The predicted octanol–water partition coefficient (Wildman–Crippen LogP) is 3.46. The van der Waals surface area contributed by atoms with Gasteiger partial charge in [-0.15, -0.1) is 0 Å². The topological polar surface area (TPSA) is 46.3 Å². The third kappa shape index (κ3) is 3.63.